The number of hydrogen-bond acceptors (Lipinski definition) is 5. The van der Waals surface area contributed by atoms with Crippen LogP contribution in [-0.2, 0) is 6.61 Å². The van der Waals surface area contributed by atoms with Crippen LogP contribution in [0.2, 0.25) is 0 Å². The SMILES string of the molecule is COc1cccc(OCc2nnc(-c3ccc(C)cc3)o2)c1. The van der Waals surface area contributed by atoms with E-state index in [1.54, 1.807) is 13.2 Å². The number of aromatic nitrogens is 2. The first-order chi connectivity index (χ1) is 10.7. The standard InChI is InChI=1S/C17H16N2O3/c1-12-6-8-13(9-7-12)17-19-18-16(22-17)11-21-15-5-3-4-14(10-15)20-2/h3-10H,11H2,1-2H3. The molecule has 1 heterocycles. The first-order valence-corrected chi connectivity index (χ1v) is 6.91. The molecule has 0 spiro atoms. The van der Waals surface area contributed by atoms with Crippen LogP contribution in [0.4, 0.5) is 0 Å². The van der Waals surface area contributed by atoms with E-state index in [0.717, 1.165) is 11.3 Å². The van der Waals surface area contributed by atoms with E-state index in [1.807, 2.05) is 49.4 Å². The number of methoxy groups -OCH3 is 1. The van der Waals surface area contributed by atoms with Gasteiger partial charge in [0.25, 0.3) is 5.89 Å². The van der Waals surface area contributed by atoms with Crippen molar-refractivity contribution in [3.63, 3.8) is 0 Å². The molecule has 5 nitrogen and oxygen atoms in total. The molecule has 0 N–H and O–H groups in total. The van der Waals surface area contributed by atoms with Crippen molar-refractivity contribution in [2.45, 2.75) is 13.5 Å². The summed E-state index contributed by atoms with van der Waals surface area (Å²) in [7, 11) is 1.62. The fourth-order valence-corrected chi connectivity index (χ4v) is 1.96. The molecule has 112 valence electrons. The summed E-state index contributed by atoms with van der Waals surface area (Å²) in [4.78, 5) is 0. The van der Waals surface area contributed by atoms with Crippen molar-refractivity contribution in [1.82, 2.24) is 10.2 Å². The van der Waals surface area contributed by atoms with Gasteiger partial charge in [-0.25, -0.2) is 0 Å². The number of ether oxygens (including phenoxy) is 2. The lowest BCUT2D eigenvalue weighted by molar-refractivity contribution is 0.263. The molecule has 0 aliphatic carbocycles. The lowest BCUT2D eigenvalue weighted by Gasteiger charge is -2.05. The fourth-order valence-electron chi connectivity index (χ4n) is 1.96. The molecule has 0 amide bonds. The molecule has 0 bridgehead atoms. The lowest BCUT2D eigenvalue weighted by atomic mass is 10.1. The monoisotopic (exact) mass is 296 g/mol. The zero-order valence-corrected chi connectivity index (χ0v) is 12.4. The van der Waals surface area contributed by atoms with Gasteiger partial charge in [-0.1, -0.05) is 23.8 Å². The lowest BCUT2D eigenvalue weighted by Crippen LogP contribution is -1.96. The molecule has 0 unspecified atom stereocenters. The van der Waals surface area contributed by atoms with Crippen LogP contribution in [-0.4, -0.2) is 17.3 Å². The van der Waals surface area contributed by atoms with Gasteiger partial charge in [-0.15, -0.1) is 10.2 Å². The molecule has 3 rings (SSSR count). The summed E-state index contributed by atoms with van der Waals surface area (Å²) in [6.07, 6.45) is 0. The molecule has 22 heavy (non-hydrogen) atoms. The predicted molar refractivity (Wildman–Crippen MR) is 81.8 cm³/mol. The van der Waals surface area contributed by atoms with Gasteiger partial charge >= 0.3 is 0 Å². The minimum atomic E-state index is 0.214. The Hall–Kier alpha value is -2.82. The van der Waals surface area contributed by atoms with Crippen molar-refractivity contribution < 1.29 is 13.9 Å². The quantitative estimate of drug-likeness (QED) is 0.719. The molecule has 0 aliphatic heterocycles. The number of benzene rings is 2. The molecule has 0 atom stereocenters. The molecule has 0 aliphatic rings. The normalized spacial score (nSPS) is 10.5. The van der Waals surface area contributed by atoms with E-state index in [9.17, 15) is 0 Å². The minimum Gasteiger partial charge on any atom is -0.497 e. The van der Waals surface area contributed by atoms with Gasteiger partial charge in [0.05, 0.1) is 7.11 Å². The second kappa shape index (κ2) is 6.30. The van der Waals surface area contributed by atoms with Crippen molar-refractivity contribution in [1.29, 1.82) is 0 Å². The average molecular weight is 296 g/mol. The molecule has 0 saturated heterocycles. The van der Waals surface area contributed by atoms with Crippen molar-refractivity contribution in [2.75, 3.05) is 7.11 Å². The van der Waals surface area contributed by atoms with Crippen molar-refractivity contribution in [2.24, 2.45) is 0 Å². The third-order valence-electron chi connectivity index (χ3n) is 3.17. The van der Waals surface area contributed by atoms with Crippen LogP contribution in [0.5, 0.6) is 11.5 Å². The summed E-state index contributed by atoms with van der Waals surface area (Å²) < 4.78 is 16.4. The highest BCUT2D eigenvalue weighted by Crippen LogP contribution is 2.21. The zero-order valence-electron chi connectivity index (χ0n) is 12.4. The van der Waals surface area contributed by atoms with Crippen molar-refractivity contribution in [3.05, 3.63) is 60.0 Å². The molecule has 0 saturated carbocycles. The third-order valence-corrected chi connectivity index (χ3v) is 3.17. The maximum atomic E-state index is 5.63. The van der Waals surface area contributed by atoms with Crippen molar-refractivity contribution >= 4 is 0 Å². The molecule has 2 aromatic carbocycles. The van der Waals surface area contributed by atoms with Gasteiger partial charge in [0.15, 0.2) is 6.61 Å². The van der Waals surface area contributed by atoms with Crippen LogP contribution >= 0.6 is 0 Å². The van der Waals surface area contributed by atoms with Crippen molar-refractivity contribution in [3.8, 4) is 23.0 Å². The molecular formula is C17H16N2O3. The van der Waals surface area contributed by atoms with Crippen LogP contribution in [0.1, 0.15) is 11.5 Å². The Morgan fingerprint density at radius 1 is 1.00 bits per heavy atom. The second-order valence-corrected chi connectivity index (χ2v) is 4.83. The number of hydrogen-bond donors (Lipinski definition) is 0. The van der Waals surface area contributed by atoms with Gasteiger partial charge in [0, 0.05) is 11.6 Å². The first-order valence-electron chi connectivity index (χ1n) is 6.91. The maximum Gasteiger partial charge on any atom is 0.254 e. The highest BCUT2D eigenvalue weighted by atomic mass is 16.5. The molecule has 1 aromatic heterocycles. The highest BCUT2D eigenvalue weighted by Gasteiger charge is 2.09. The molecular weight excluding hydrogens is 280 g/mol. The van der Waals surface area contributed by atoms with E-state index in [-0.39, 0.29) is 6.61 Å². The predicted octanol–water partition coefficient (Wildman–Crippen LogP) is 3.63. The van der Waals surface area contributed by atoms with E-state index in [2.05, 4.69) is 10.2 Å². The molecule has 0 radical (unpaired) electrons. The van der Waals surface area contributed by atoms with Crippen LogP contribution in [0.3, 0.4) is 0 Å². The third kappa shape index (κ3) is 3.25. The van der Waals surface area contributed by atoms with E-state index in [1.165, 1.54) is 5.56 Å². The number of nitrogens with zero attached hydrogens (tertiary/aromatic N) is 2. The number of rotatable bonds is 5. The van der Waals surface area contributed by atoms with E-state index >= 15 is 0 Å². The largest absolute Gasteiger partial charge is 0.497 e. The maximum absolute atomic E-state index is 5.63. The first kappa shape index (κ1) is 14.1. The van der Waals surface area contributed by atoms with Crippen LogP contribution in [0.25, 0.3) is 11.5 Å². The minimum absolute atomic E-state index is 0.214. The summed E-state index contributed by atoms with van der Waals surface area (Å²) >= 11 is 0. The van der Waals surface area contributed by atoms with Gasteiger partial charge in [-0.05, 0) is 31.2 Å². The zero-order chi connectivity index (χ0) is 15.4. The molecule has 5 heteroatoms. The summed E-state index contributed by atoms with van der Waals surface area (Å²) in [6.45, 7) is 2.25. The van der Waals surface area contributed by atoms with Gasteiger partial charge in [-0.2, -0.15) is 0 Å². The Morgan fingerprint density at radius 2 is 1.77 bits per heavy atom. The Morgan fingerprint density at radius 3 is 2.55 bits per heavy atom. The van der Waals surface area contributed by atoms with Gasteiger partial charge < -0.3 is 13.9 Å². The average Bonchev–Trinajstić information content (AvgIpc) is 3.03. The van der Waals surface area contributed by atoms with E-state index in [4.69, 9.17) is 13.9 Å². The Bertz CT molecular complexity index is 751. The van der Waals surface area contributed by atoms with Gasteiger partial charge in [-0.3, -0.25) is 0 Å². The van der Waals surface area contributed by atoms with Crippen LogP contribution in [0, 0.1) is 6.92 Å². The van der Waals surface area contributed by atoms with E-state index < -0.39 is 0 Å². The van der Waals surface area contributed by atoms with Crippen LogP contribution in [0.15, 0.2) is 52.9 Å². The van der Waals surface area contributed by atoms with Gasteiger partial charge in [0.1, 0.15) is 11.5 Å². The smallest absolute Gasteiger partial charge is 0.254 e. The second-order valence-electron chi connectivity index (χ2n) is 4.83. The van der Waals surface area contributed by atoms with E-state index in [0.29, 0.717) is 17.5 Å². The summed E-state index contributed by atoms with van der Waals surface area (Å²) in [5.74, 6) is 2.35. The summed E-state index contributed by atoms with van der Waals surface area (Å²) in [6, 6.07) is 15.3. The fraction of sp³-hybridized carbons (Fsp3) is 0.176. The summed E-state index contributed by atoms with van der Waals surface area (Å²) in [5.41, 5.74) is 2.08. The molecule has 3 aromatic rings. The summed E-state index contributed by atoms with van der Waals surface area (Å²) in [5, 5.41) is 8.04. The van der Waals surface area contributed by atoms with Crippen LogP contribution < -0.4 is 9.47 Å². The molecule has 0 fully saturated rings. The van der Waals surface area contributed by atoms with Gasteiger partial charge in [0.2, 0.25) is 5.89 Å². The Labute approximate surface area is 128 Å². The number of aryl methyl sites for hydroxylation is 1. The highest BCUT2D eigenvalue weighted by molar-refractivity contribution is 5.52. The Kier molecular flexibility index (Phi) is 4.05. The Balaban J connectivity index is 1.67. The topological polar surface area (TPSA) is 57.4 Å².